The second kappa shape index (κ2) is 8.39. The minimum atomic E-state index is -4.69. The first-order valence-electron chi connectivity index (χ1n) is 8.19. The van der Waals surface area contributed by atoms with E-state index in [1.807, 2.05) is 11.5 Å². The third-order valence-corrected chi connectivity index (χ3v) is 4.18. The maximum atomic E-state index is 13.0. The van der Waals surface area contributed by atoms with E-state index in [0.717, 1.165) is 17.8 Å². The minimum Gasteiger partial charge on any atom is -0.454 e. The van der Waals surface area contributed by atoms with Crippen molar-refractivity contribution in [3.63, 3.8) is 0 Å². The van der Waals surface area contributed by atoms with Crippen LogP contribution in [0, 0.1) is 13.8 Å². The lowest BCUT2D eigenvalue weighted by atomic mass is 10.1. The molecule has 0 bridgehead atoms. The zero-order valence-corrected chi connectivity index (χ0v) is 15.2. The molecule has 0 aliphatic carbocycles. The second-order valence-corrected chi connectivity index (χ2v) is 5.97. The quantitative estimate of drug-likeness (QED) is 0.539. The van der Waals surface area contributed by atoms with Gasteiger partial charge in [-0.1, -0.05) is 12.1 Å². The predicted molar refractivity (Wildman–Crippen MR) is 91.8 cm³/mol. The van der Waals surface area contributed by atoms with Gasteiger partial charge in [0.25, 0.3) is 0 Å². The standard InChI is InChI=1S/C19H20F3NO4/c1-12-10-15(13(2)23(12)8-9-26-3)17(24)11-27-18(25)14-6-4-5-7-16(14)19(20,21)22/h4-7,10H,8-9,11H2,1-3H3. The van der Waals surface area contributed by atoms with Crippen molar-refractivity contribution in [2.45, 2.75) is 26.6 Å². The van der Waals surface area contributed by atoms with E-state index in [0.29, 0.717) is 24.4 Å². The number of carbonyl (C=O) groups excluding carboxylic acids is 2. The molecule has 5 nitrogen and oxygen atoms in total. The maximum absolute atomic E-state index is 13.0. The highest BCUT2D eigenvalue weighted by molar-refractivity contribution is 6.00. The van der Waals surface area contributed by atoms with Crippen LogP contribution < -0.4 is 0 Å². The van der Waals surface area contributed by atoms with Gasteiger partial charge in [-0.25, -0.2) is 4.79 Å². The highest BCUT2D eigenvalue weighted by Gasteiger charge is 2.35. The Balaban J connectivity index is 2.12. The van der Waals surface area contributed by atoms with E-state index in [1.165, 1.54) is 12.1 Å². The van der Waals surface area contributed by atoms with Crippen LogP contribution in [0.4, 0.5) is 13.2 Å². The van der Waals surface area contributed by atoms with E-state index in [2.05, 4.69) is 0 Å². The van der Waals surface area contributed by atoms with Crippen molar-refractivity contribution in [1.29, 1.82) is 0 Å². The number of ketones is 1. The van der Waals surface area contributed by atoms with E-state index < -0.39 is 35.7 Å². The maximum Gasteiger partial charge on any atom is 0.417 e. The zero-order chi connectivity index (χ0) is 20.2. The van der Waals surface area contributed by atoms with Gasteiger partial charge < -0.3 is 14.0 Å². The molecule has 146 valence electrons. The summed E-state index contributed by atoms with van der Waals surface area (Å²) in [7, 11) is 1.57. The van der Waals surface area contributed by atoms with Gasteiger partial charge >= 0.3 is 12.1 Å². The Morgan fingerprint density at radius 2 is 1.78 bits per heavy atom. The van der Waals surface area contributed by atoms with Gasteiger partial charge in [0.2, 0.25) is 5.78 Å². The SMILES string of the molecule is COCCn1c(C)cc(C(=O)COC(=O)c2ccccc2C(F)(F)F)c1C. The largest absolute Gasteiger partial charge is 0.454 e. The van der Waals surface area contributed by atoms with Crippen LogP contribution in [0.3, 0.4) is 0 Å². The summed E-state index contributed by atoms with van der Waals surface area (Å²) in [6, 6.07) is 5.95. The van der Waals surface area contributed by atoms with Crippen molar-refractivity contribution in [1.82, 2.24) is 4.57 Å². The van der Waals surface area contributed by atoms with E-state index >= 15 is 0 Å². The zero-order valence-electron chi connectivity index (χ0n) is 15.2. The third kappa shape index (κ3) is 4.77. The van der Waals surface area contributed by atoms with Crippen LogP contribution in [0.2, 0.25) is 0 Å². The fourth-order valence-electron chi connectivity index (χ4n) is 2.80. The molecule has 27 heavy (non-hydrogen) atoms. The molecule has 1 heterocycles. The number of ether oxygens (including phenoxy) is 2. The Hall–Kier alpha value is -2.61. The van der Waals surface area contributed by atoms with Crippen LogP contribution in [0.25, 0.3) is 0 Å². The first kappa shape index (κ1) is 20.7. The van der Waals surface area contributed by atoms with Crippen molar-refractivity contribution < 1.29 is 32.2 Å². The number of nitrogens with zero attached hydrogens (tertiary/aromatic N) is 1. The highest BCUT2D eigenvalue weighted by Crippen LogP contribution is 2.32. The molecule has 0 aliphatic heterocycles. The Bertz CT molecular complexity index is 840. The van der Waals surface area contributed by atoms with Crippen LogP contribution in [0.5, 0.6) is 0 Å². The Labute approximate surface area is 154 Å². The van der Waals surface area contributed by atoms with Gasteiger partial charge in [-0.15, -0.1) is 0 Å². The minimum absolute atomic E-state index is 0.362. The van der Waals surface area contributed by atoms with E-state index in [1.54, 1.807) is 20.1 Å². The number of halogens is 3. The molecule has 0 radical (unpaired) electrons. The summed E-state index contributed by atoms with van der Waals surface area (Å²) in [6.45, 7) is 3.95. The second-order valence-electron chi connectivity index (χ2n) is 5.97. The summed E-state index contributed by atoms with van der Waals surface area (Å²) in [5, 5.41) is 0. The molecule has 0 amide bonds. The van der Waals surface area contributed by atoms with Crippen LogP contribution in [-0.2, 0) is 22.2 Å². The van der Waals surface area contributed by atoms with E-state index in [9.17, 15) is 22.8 Å². The summed E-state index contributed by atoms with van der Waals surface area (Å²) >= 11 is 0. The fraction of sp³-hybridized carbons (Fsp3) is 0.368. The molecule has 1 aromatic heterocycles. The number of esters is 1. The number of rotatable bonds is 7. The summed E-state index contributed by atoms with van der Waals surface area (Å²) in [4.78, 5) is 24.4. The fourth-order valence-corrected chi connectivity index (χ4v) is 2.80. The number of alkyl halides is 3. The number of benzene rings is 1. The molecule has 2 rings (SSSR count). The average molecular weight is 383 g/mol. The van der Waals surface area contributed by atoms with Gasteiger partial charge in [-0.3, -0.25) is 4.79 Å². The van der Waals surface area contributed by atoms with Crippen molar-refractivity contribution in [3.05, 3.63) is 58.4 Å². The van der Waals surface area contributed by atoms with Crippen LogP contribution in [0.15, 0.2) is 30.3 Å². The smallest absolute Gasteiger partial charge is 0.417 e. The molecule has 1 aromatic carbocycles. The molecule has 0 N–H and O–H groups in total. The summed E-state index contributed by atoms with van der Waals surface area (Å²) in [5.74, 6) is -1.67. The lowest BCUT2D eigenvalue weighted by molar-refractivity contribution is -0.138. The Morgan fingerprint density at radius 3 is 2.41 bits per heavy atom. The number of Topliss-reactive ketones (excluding diaryl/α,β-unsaturated/α-hetero) is 1. The number of hydrogen-bond acceptors (Lipinski definition) is 4. The molecule has 0 atom stereocenters. The van der Waals surface area contributed by atoms with Crippen molar-refractivity contribution in [3.8, 4) is 0 Å². The summed E-state index contributed by atoms with van der Waals surface area (Å²) in [6.07, 6.45) is -4.69. The van der Waals surface area contributed by atoms with E-state index in [4.69, 9.17) is 9.47 Å². The van der Waals surface area contributed by atoms with Gasteiger partial charge in [-0.05, 0) is 32.0 Å². The summed E-state index contributed by atoms with van der Waals surface area (Å²) < 4.78 is 50.7. The molecule has 2 aromatic rings. The lowest BCUT2D eigenvalue weighted by Gasteiger charge is -2.12. The average Bonchev–Trinajstić information content (AvgIpc) is 2.91. The topological polar surface area (TPSA) is 57.5 Å². The van der Waals surface area contributed by atoms with E-state index in [-0.39, 0.29) is 0 Å². The van der Waals surface area contributed by atoms with Crippen LogP contribution >= 0.6 is 0 Å². The monoisotopic (exact) mass is 383 g/mol. The Kier molecular flexibility index (Phi) is 6.43. The predicted octanol–water partition coefficient (Wildman–Crippen LogP) is 3.81. The number of carbonyl (C=O) groups is 2. The first-order chi connectivity index (χ1) is 12.7. The first-order valence-corrected chi connectivity index (χ1v) is 8.19. The number of aryl methyl sites for hydroxylation is 1. The molecule has 0 saturated carbocycles. The molecule has 0 spiro atoms. The number of aromatic nitrogens is 1. The molecule has 0 saturated heterocycles. The van der Waals surface area contributed by atoms with Gasteiger partial charge in [-0.2, -0.15) is 13.2 Å². The lowest BCUT2D eigenvalue weighted by Crippen LogP contribution is -2.19. The van der Waals surface area contributed by atoms with Crippen molar-refractivity contribution in [2.24, 2.45) is 0 Å². The van der Waals surface area contributed by atoms with Crippen LogP contribution in [-0.4, -0.2) is 36.6 Å². The third-order valence-electron chi connectivity index (χ3n) is 4.18. The number of hydrogen-bond donors (Lipinski definition) is 0. The molecule has 0 fully saturated rings. The molecule has 8 heteroatoms. The normalized spacial score (nSPS) is 11.5. The van der Waals surface area contributed by atoms with Gasteiger partial charge in [0, 0.05) is 30.6 Å². The van der Waals surface area contributed by atoms with Gasteiger partial charge in [0.1, 0.15) is 0 Å². The Morgan fingerprint density at radius 1 is 1.11 bits per heavy atom. The highest BCUT2D eigenvalue weighted by atomic mass is 19.4. The number of methoxy groups -OCH3 is 1. The van der Waals surface area contributed by atoms with Gasteiger partial charge in [0.05, 0.1) is 17.7 Å². The van der Waals surface area contributed by atoms with Crippen molar-refractivity contribution >= 4 is 11.8 Å². The van der Waals surface area contributed by atoms with Crippen molar-refractivity contribution in [2.75, 3.05) is 20.3 Å². The molecular weight excluding hydrogens is 363 g/mol. The van der Waals surface area contributed by atoms with Crippen LogP contribution in [0.1, 0.15) is 37.7 Å². The molecular formula is C19H20F3NO4. The summed E-state index contributed by atoms with van der Waals surface area (Å²) in [5.41, 5.74) is 0.159. The van der Waals surface area contributed by atoms with Gasteiger partial charge in [0.15, 0.2) is 6.61 Å². The molecule has 0 aliphatic rings. The molecule has 0 unspecified atom stereocenters.